The maximum atomic E-state index is 11.4. The van der Waals surface area contributed by atoms with Gasteiger partial charge in [-0.3, -0.25) is 4.57 Å². The lowest BCUT2D eigenvalue weighted by molar-refractivity contribution is 0.187. The Kier molecular flexibility index (Phi) is 2.34. The first-order chi connectivity index (χ1) is 5.07. The molecule has 0 bridgehead atoms. The molecule has 2 atom stereocenters. The normalized spacial score (nSPS) is 43.7. The van der Waals surface area contributed by atoms with Gasteiger partial charge in [-0.2, -0.15) is 5.26 Å². The third-order valence-electron chi connectivity index (χ3n) is 1.58. The highest BCUT2D eigenvalue weighted by atomic mass is 31.2. The van der Waals surface area contributed by atoms with Gasteiger partial charge in [0.05, 0.1) is 18.3 Å². The van der Waals surface area contributed by atoms with Gasteiger partial charge in [-0.15, -0.1) is 0 Å². The van der Waals surface area contributed by atoms with Gasteiger partial charge in [0.2, 0.25) is 0 Å². The van der Waals surface area contributed by atoms with Crippen LogP contribution in [-0.4, -0.2) is 18.4 Å². The Hall–Kier alpha value is -0.360. The largest absolute Gasteiger partial charge is 0.345 e. The maximum Gasteiger partial charge on any atom is 0.345 e. The van der Waals surface area contributed by atoms with Crippen LogP contribution in [0.5, 0.6) is 0 Å². The molecule has 11 heavy (non-hydrogen) atoms. The highest BCUT2D eigenvalue weighted by molar-refractivity contribution is 7.54. The zero-order chi connectivity index (χ0) is 8.48. The Morgan fingerprint density at radius 1 is 1.45 bits per heavy atom. The van der Waals surface area contributed by atoms with Gasteiger partial charge < -0.3 is 9.05 Å². The molecule has 1 saturated heterocycles. The lowest BCUT2D eigenvalue weighted by Crippen LogP contribution is -2.13. The Bertz CT molecular complexity index is 220. The molecule has 0 aromatic carbocycles. The van der Waals surface area contributed by atoms with Gasteiger partial charge in [-0.25, -0.2) is 0 Å². The molecule has 1 fully saturated rings. The van der Waals surface area contributed by atoms with Crippen LogP contribution >= 0.6 is 7.60 Å². The summed E-state index contributed by atoms with van der Waals surface area (Å²) in [6.07, 6.45) is -0.495. The third kappa shape index (κ3) is 1.81. The minimum atomic E-state index is -3.04. The van der Waals surface area contributed by atoms with Gasteiger partial charge in [-0.1, -0.05) is 0 Å². The van der Waals surface area contributed by atoms with Crippen LogP contribution in [0.15, 0.2) is 0 Å². The van der Waals surface area contributed by atoms with E-state index in [2.05, 4.69) is 0 Å². The highest BCUT2D eigenvalue weighted by Gasteiger charge is 2.39. The third-order valence-corrected chi connectivity index (χ3v) is 3.42. The number of nitrogens with zero attached hydrogens (tertiary/aromatic N) is 1. The summed E-state index contributed by atoms with van der Waals surface area (Å²) in [6.45, 7) is 3.56. The summed E-state index contributed by atoms with van der Waals surface area (Å²) < 4.78 is 21.4. The van der Waals surface area contributed by atoms with E-state index >= 15 is 0 Å². The zero-order valence-electron chi connectivity index (χ0n) is 6.48. The van der Waals surface area contributed by atoms with Crippen molar-refractivity contribution in [2.24, 2.45) is 0 Å². The van der Waals surface area contributed by atoms with Gasteiger partial charge in [0.1, 0.15) is 6.16 Å². The first-order valence-corrected chi connectivity index (χ1v) is 5.13. The van der Waals surface area contributed by atoms with Crippen molar-refractivity contribution in [1.82, 2.24) is 0 Å². The summed E-state index contributed by atoms with van der Waals surface area (Å²) in [7, 11) is -3.04. The van der Waals surface area contributed by atoms with Gasteiger partial charge in [-0.05, 0) is 13.8 Å². The molecule has 1 aliphatic heterocycles. The number of hydrogen-bond donors (Lipinski definition) is 0. The molecule has 62 valence electrons. The Balaban J connectivity index is 2.66. The number of rotatable bonds is 1. The van der Waals surface area contributed by atoms with Crippen LogP contribution in [-0.2, 0) is 13.6 Å². The first-order valence-electron chi connectivity index (χ1n) is 3.40. The summed E-state index contributed by atoms with van der Waals surface area (Å²) in [5.41, 5.74) is 0. The predicted octanol–water partition coefficient (Wildman–Crippen LogP) is 1.53. The first kappa shape index (κ1) is 8.73. The fraction of sp³-hybridized carbons (Fsp3) is 0.833. The second-order valence-corrected chi connectivity index (χ2v) is 4.51. The molecule has 0 aliphatic carbocycles. The predicted molar refractivity (Wildman–Crippen MR) is 39.2 cm³/mol. The Morgan fingerprint density at radius 2 is 1.91 bits per heavy atom. The average Bonchev–Trinajstić information content (AvgIpc) is 2.08. The van der Waals surface area contributed by atoms with Gasteiger partial charge in [0.25, 0.3) is 0 Å². The Labute approximate surface area is 65.6 Å². The summed E-state index contributed by atoms with van der Waals surface area (Å²) in [6, 6.07) is 1.78. The molecule has 1 heterocycles. The second-order valence-electron chi connectivity index (χ2n) is 2.55. The van der Waals surface area contributed by atoms with Crippen molar-refractivity contribution >= 4 is 7.60 Å². The van der Waals surface area contributed by atoms with Gasteiger partial charge in [0.15, 0.2) is 0 Å². The molecule has 0 spiro atoms. The summed E-state index contributed by atoms with van der Waals surface area (Å²) in [4.78, 5) is 0. The van der Waals surface area contributed by atoms with E-state index < -0.39 is 7.60 Å². The topological polar surface area (TPSA) is 59.3 Å². The molecule has 1 aliphatic rings. The van der Waals surface area contributed by atoms with Crippen LogP contribution in [0.3, 0.4) is 0 Å². The number of hydrogen-bond acceptors (Lipinski definition) is 4. The molecule has 5 heteroatoms. The van der Waals surface area contributed by atoms with Crippen molar-refractivity contribution in [3.05, 3.63) is 0 Å². The Morgan fingerprint density at radius 3 is 2.27 bits per heavy atom. The summed E-state index contributed by atoms with van der Waals surface area (Å²) in [5, 5.41) is 8.28. The van der Waals surface area contributed by atoms with Gasteiger partial charge in [0, 0.05) is 0 Å². The minimum Gasteiger partial charge on any atom is -0.302 e. The van der Waals surface area contributed by atoms with Crippen molar-refractivity contribution in [3.8, 4) is 6.07 Å². The van der Waals surface area contributed by atoms with E-state index in [0.717, 1.165) is 0 Å². The van der Waals surface area contributed by atoms with Crippen molar-refractivity contribution in [1.29, 1.82) is 5.26 Å². The highest BCUT2D eigenvalue weighted by Crippen LogP contribution is 2.55. The van der Waals surface area contributed by atoms with Crippen LogP contribution in [0.4, 0.5) is 0 Å². The minimum absolute atomic E-state index is 0.151. The molecule has 0 N–H and O–H groups in total. The average molecular weight is 175 g/mol. The van der Waals surface area contributed by atoms with E-state index in [1.165, 1.54) is 0 Å². The van der Waals surface area contributed by atoms with Gasteiger partial charge >= 0.3 is 7.60 Å². The van der Waals surface area contributed by atoms with Crippen LogP contribution < -0.4 is 0 Å². The zero-order valence-corrected chi connectivity index (χ0v) is 7.38. The standard InChI is InChI=1S/C6H10NO3P/c1-5-6(2)10-11(8,9-5)4-3-7/h5-6H,4H2,1-2H3. The SMILES string of the molecule is CC1OP(=O)(CC#N)OC1C. The van der Waals surface area contributed by atoms with E-state index in [0.29, 0.717) is 0 Å². The summed E-state index contributed by atoms with van der Waals surface area (Å²) >= 11 is 0. The molecule has 0 aromatic heterocycles. The van der Waals surface area contributed by atoms with Crippen molar-refractivity contribution < 1.29 is 13.6 Å². The van der Waals surface area contributed by atoms with Crippen molar-refractivity contribution in [2.45, 2.75) is 26.1 Å². The fourth-order valence-electron chi connectivity index (χ4n) is 0.864. The smallest absolute Gasteiger partial charge is 0.302 e. The van der Waals surface area contributed by atoms with Crippen LogP contribution in [0.25, 0.3) is 0 Å². The van der Waals surface area contributed by atoms with E-state index in [-0.39, 0.29) is 18.4 Å². The molecule has 0 amide bonds. The molecular weight excluding hydrogens is 165 g/mol. The van der Waals surface area contributed by atoms with E-state index in [1.54, 1.807) is 19.9 Å². The molecule has 0 radical (unpaired) electrons. The molecule has 2 unspecified atom stereocenters. The quantitative estimate of drug-likeness (QED) is 0.567. The fourth-order valence-corrected chi connectivity index (χ4v) is 2.59. The second kappa shape index (κ2) is 2.94. The van der Waals surface area contributed by atoms with E-state index in [4.69, 9.17) is 14.3 Å². The lowest BCUT2D eigenvalue weighted by Gasteiger charge is -2.03. The van der Waals surface area contributed by atoms with Crippen molar-refractivity contribution in [2.75, 3.05) is 6.16 Å². The van der Waals surface area contributed by atoms with E-state index in [9.17, 15) is 4.57 Å². The van der Waals surface area contributed by atoms with E-state index in [1.807, 2.05) is 0 Å². The maximum absolute atomic E-state index is 11.4. The molecule has 1 rings (SSSR count). The molecule has 0 saturated carbocycles. The van der Waals surface area contributed by atoms with Crippen LogP contribution in [0, 0.1) is 11.3 Å². The monoisotopic (exact) mass is 175 g/mol. The van der Waals surface area contributed by atoms with Crippen molar-refractivity contribution in [3.63, 3.8) is 0 Å². The molecule has 4 nitrogen and oxygen atoms in total. The van der Waals surface area contributed by atoms with Crippen LogP contribution in [0.1, 0.15) is 13.8 Å². The number of nitriles is 1. The van der Waals surface area contributed by atoms with Crippen LogP contribution in [0.2, 0.25) is 0 Å². The molecule has 0 aromatic rings. The molecular formula is C6H10NO3P. The summed E-state index contributed by atoms with van der Waals surface area (Å²) in [5.74, 6) is 0. The lowest BCUT2D eigenvalue weighted by atomic mass is 10.3.